The number of fused-ring (bicyclic) bond motifs is 1. The molecule has 0 aromatic heterocycles. The first-order valence-corrected chi connectivity index (χ1v) is 15.2. The summed E-state index contributed by atoms with van der Waals surface area (Å²) in [5.41, 5.74) is 0. The van der Waals surface area contributed by atoms with Gasteiger partial charge in [-0.3, -0.25) is 0 Å². The number of carboxylic acids is 1. The van der Waals surface area contributed by atoms with Gasteiger partial charge in [0.2, 0.25) is 0 Å². The van der Waals surface area contributed by atoms with Crippen molar-refractivity contribution in [2.24, 2.45) is 0 Å². The molecule has 5 rings (SSSR count). The van der Waals surface area contributed by atoms with E-state index in [4.69, 9.17) is 42.6 Å². The van der Waals surface area contributed by atoms with Crippen LogP contribution in [0, 0.1) is 0 Å². The van der Waals surface area contributed by atoms with Gasteiger partial charge in [0.15, 0.2) is 25.2 Å². The summed E-state index contributed by atoms with van der Waals surface area (Å²) in [6.45, 7) is 4.73. The number of ether oxygens (including phenoxy) is 9. The van der Waals surface area contributed by atoms with Gasteiger partial charge >= 0.3 is 5.97 Å². The Balaban J connectivity index is 1.41. The van der Waals surface area contributed by atoms with Gasteiger partial charge in [0.05, 0.1) is 24.9 Å². The smallest absolute Gasteiger partial charge is 0.364 e. The number of aliphatic hydroxyl groups excluding tert-OH is 9. The highest BCUT2D eigenvalue weighted by Crippen LogP contribution is 2.42. The highest BCUT2D eigenvalue weighted by Gasteiger charge is 2.62. The molecule has 20 nitrogen and oxygen atoms in total. The largest absolute Gasteiger partial charge is 0.477 e. The number of hydrogen-bond donors (Lipinski definition) is 10. The van der Waals surface area contributed by atoms with Gasteiger partial charge in [-0.15, -0.1) is 0 Å². The zero-order chi connectivity index (χ0) is 34.7. The minimum Gasteiger partial charge on any atom is -0.477 e. The van der Waals surface area contributed by atoms with E-state index in [9.17, 15) is 55.9 Å². The molecule has 0 aliphatic carbocycles. The number of aliphatic hydroxyl groups is 9. The van der Waals surface area contributed by atoms with Gasteiger partial charge in [-0.2, -0.15) is 0 Å². The van der Waals surface area contributed by atoms with Crippen molar-refractivity contribution in [3.05, 3.63) is 0 Å². The Morgan fingerprint density at radius 2 is 1.17 bits per heavy atom. The molecule has 47 heavy (non-hydrogen) atoms. The van der Waals surface area contributed by atoms with E-state index in [0.717, 1.165) is 6.92 Å². The van der Waals surface area contributed by atoms with E-state index in [0.29, 0.717) is 0 Å². The maximum absolute atomic E-state index is 12.0. The van der Waals surface area contributed by atoms with E-state index in [1.165, 1.54) is 20.8 Å². The third-order valence-electron chi connectivity index (χ3n) is 9.14. The van der Waals surface area contributed by atoms with Crippen molar-refractivity contribution in [2.75, 3.05) is 6.61 Å². The highest BCUT2D eigenvalue weighted by molar-refractivity contribution is 5.75. The standard InChI is InChI=1S/C27H44O20/c1-6-10(29)19(16(35)24(40-6)43-17-7(2)39-22(36)14(33)13(17)32)44-25-21(45-23-15(34)12(31)11(30)9(5-28)42-23)20-18(8(3)41-25)46-27(4,47-20)26(37)38/h6-25,28-36H,5H2,1-4H3,(H,37,38)/t6-,7-,8-,9+,10-,11-,12-,13-,14+,15+,16+,17-,18-,19+,20+,21+,22-,23+,24+,25-,27-/m0/s1. The lowest BCUT2D eigenvalue weighted by Gasteiger charge is -2.48. The average molecular weight is 689 g/mol. The average Bonchev–Trinajstić information content (AvgIpc) is 3.40. The molecule has 0 saturated carbocycles. The minimum absolute atomic E-state index is 0.777. The first-order valence-electron chi connectivity index (χ1n) is 15.2. The van der Waals surface area contributed by atoms with Crippen LogP contribution in [0.3, 0.4) is 0 Å². The molecule has 21 atom stereocenters. The van der Waals surface area contributed by atoms with Crippen LogP contribution in [0.25, 0.3) is 0 Å². The molecule has 10 N–H and O–H groups in total. The molecule has 5 saturated heterocycles. The van der Waals surface area contributed by atoms with E-state index in [-0.39, 0.29) is 0 Å². The lowest BCUT2D eigenvalue weighted by Crippen LogP contribution is -2.66. The predicted molar refractivity (Wildman–Crippen MR) is 143 cm³/mol. The summed E-state index contributed by atoms with van der Waals surface area (Å²) in [4.78, 5) is 12.0. The topological polar surface area (TPSA) is 302 Å². The molecule has 5 fully saturated rings. The van der Waals surface area contributed by atoms with Crippen LogP contribution in [-0.4, -0.2) is 192 Å². The van der Waals surface area contributed by atoms with Crippen molar-refractivity contribution in [2.45, 2.75) is 156 Å². The van der Waals surface area contributed by atoms with Crippen molar-refractivity contribution in [3.8, 4) is 0 Å². The molecule has 0 amide bonds. The molecule has 0 unspecified atom stereocenters. The van der Waals surface area contributed by atoms with E-state index in [2.05, 4.69) is 0 Å². The fourth-order valence-corrected chi connectivity index (χ4v) is 6.30. The zero-order valence-electron chi connectivity index (χ0n) is 25.8. The van der Waals surface area contributed by atoms with Crippen LogP contribution in [-0.2, 0) is 47.4 Å². The van der Waals surface area contributed by atoms with Gasteiger partial charge in [-0.1, -0.05) is 0 Å². The summed E-state index contributed by atoms with van der Waals surface area (Å²) >= 11 is 0. The van der Waals surface area contributed by atoms with Crippen LogP contribution in [0.4, 0.5) is 0 Å². The van der Waals surface area contributed by atoms with Gasteiger partial charge in [0.25, 0.3) is 5.79 Å². The molecule has 0 radical (unpaired) electrons. The second-order valence-corrected chi connectivity index (χ2v) is 12.5. The highest BCUT2D eigenvalue weighted by atomic mass is 16.8. The Morgan fingerprint density at radius 1 is 0.596 bits per heavy atom. The van der Waals surface area contributed by atoms with Crippen molar-refractivity contribution >= 4 is 5.97 Å². The predicted octanol–water partition coefficient (Wildman–Crippen LogP) is -5.80. The van der Waals surface area contributed by atoms with Gasteiger partial charge in [0.1, 0.15) is 79.4 Å². The Hall–Kier alpha value is -1.25. The molecule has 272 valence electrons. The van der Waals surface area contributed by atoms with Gasteiger partial charge in [-0.25, -0.2) is 4.79 Å². The van der Waals surface area contributed by atoms with Crippen LogP contribution < -0.4 is 0 Å². The van der Waals surface area contributed by atoms with Crippen molar-refractivity contribution in [1.29, 1.82) is 0 Å². The Bertz CT molecular complexity index is 1080. The molecule has 5 aliphatic rings. The minimum atomic E-state index is -2.19. The van der Waals surface area contributed by atoms with Crippen molar-refractivity contribution in [1.82, 2.24) is 0 Å². The molecular weight excluding hydrogens is 644 g/mol. The fourth-order valence-electron chi connectivity index (χ4n) is 6.30. The lowest BCUT2D eigenvalue weighted by molar-refractivity contribution is -0.386. The van der Waals surface area contributed by atoms with E-state index in [1.807, 2.05) is 0 Å². The Labute approximate surface area is 267 Å². The molecule has 0 aromatic rings. The Kier molecular flexibility index (Phi) is 11.2. The summed E-state index contributed by atoms with van der Waals surface area (Å²) in [7, 11) is 0. The molecule has 0 aromatic carbocycles. The summed E-state index contributed by atoms with van der Waals surface area (Å²) in [5, 5.41) is 103. The molecular formula is C27H44O20. The monoisotopic (exact) mass is 688 g/mol. The van der Waals surface area contributed by atoms with E-state index < -0.39 is 141 Å². The third-order valence-corrected chi connectivity index (χ3v) is 9.14. The van der Waals surface area contributed by atoms with Gasteiger partial charge in [0, 0.05) is 6.92 Å². The number of carboxylic acid groups (broad SMARTS) is 1. The molecule has 0 bridgehead atoms. The SMILES string of the molecule is C[C@@H]1O[C@H](O[C@@H]2[C@@H](O)[C@@H](O)[C@@H](O)O[C@H]2C)[C@H](O)[C@H](O[C@@H]2O[C@@H](C)[C@@H]3O[C@](C)(C(=O)O)O[C@H]3[C@H]2O[C@H]2O[C@H](CO)[C@H](O)[C@H](O)[C@H]2O)[C@H]1O. The second-order valence-electron chi connectivity index (χ2n) is 12.5. The molecule has 5 aliphatic heterocycles. The third kappa shape index (κ3) is 6.92. The van der Waals surface area contributed by atoms with Crippen molar-refractivity contribution < 1.29 is 98.5 Å². The summed E-state index contributed by atoms with van der Waals surface area (Å²) in [5.74, 6) is -3.69. The van der Waals surface area contributed by atoms with Gasteiger partial charge < -0.3 is 93.7 Å². The first-order chi connectivity index (χ1) is 22.0. The maximum atomic E-state index is 12.0. The molecule has 5 heterocycles. The van der Waals surface area contributed by atoms with Gasteiger partial charge in [-0.05, 0) is 20.8 Å². The number of rotatable bonds is 8. The van der Waals surface area contributed by atoms with Crippen LogP contribution in [0.5, 0.6) is 0 Å². The van der Waals surface area contributed by atoms with E-state index in [1.54, 1.807) is 0 Å². The van der Waals surface area contributed by atoms with E-state index >= 15 is 0 Å². The molecule has 20 heteroatoms. The van der Waals surface area contributed by atoms with Crippen LogP contribution in [0.15, 0.2) is 0 Å². The van der Waals surface area contributed by atoms with Crippen molar-refractivity contribution in [3.63, 3.8) is 0 Å². The fraction of sp³-hybridized carbons (Fsp3) is 0.963. The number of aliphatic carboxylic acids is 1. The quantitative estimate of drug-likeness (QED) is 0.114. The zero-order valence-corrected chi connectivity index (χ0v) is 25.8. The lowest BCUT2D eigenvalue weighted by atomic mass is 9.96. The first kappa shape index (κ1) is 37.0. The molecule has 0 spiro atoms. The number of hydrogen-bond acceptors (Lipinski definition) is 19. The Morgan fingerprint density at radius 3 is 1.81 bits per heavy atom. The van der Waals surface area contributed by atoms with Crippen LogP contribution in [0.2, 0.25) is 0 Å². The van der Waals surface area contributed by atoms with Crippen LogP contribution >= 0.6 is 0 Å². The maximum Gasteiger partial charge on any atom is 0.364 e. The summed E-state index contributed by atoms with van der Waals surface area (Å²) in [6.07, 6.45) is -30.3. The second kappa shape index (κ2) is 14.2. The summed E-state index contributed by atoms with van der Waals surface area (Å²) < 4.78 is 51.5. The number of carbonyl (C=O) groups is 1. The normalized spacial score (nSPS) is 55.4. The summed E-state index contributed by atoms with van der Waals surface area (Å²) in [6, 6.07) is 0. The van der Waals surface area contributed by atoms with Crippen LogP contribution in [0.1, 0.15) is 27.7 Å².